The second-order valence-electron chi connectivity index (χ2n) is 3.29. The molecule has 2 aromatic rings. The van der Waals surface area contributed by atoms with E-state index in [1.165, 1.54) is 10.7 Å². The average Bonchev–Trinajstić information content (AvgIpc) is 2.31. The number of hydrogen-bond donors (Lipinski definition) is 2. The fraction of sp³-hybridized carbons (Fsp3) is 0.0909. The molecular formula is C11H11IN4O. The molecule has 17 heavy (non-hydrogen) atoms. The molecule has 0 spiro atoms. The van der Waals surface area contributed by atoms with Gasteiger partial charge in [-0.3, -0.25) is 0 Å². The van der Waals surface area contributed by atoms with Crippen molar-refractivity contribution < 1.29 is 4.74 Å². The Bertz CT molecular complexity index is 515. The molecule has 0 aliphatic carbocycles. The largest absolute Gasteiger partial charge is 0.481 e. The molecule has 1 heterocycles. The highest BCUT2D eigenvalue weighted by atomic mass is 127. The molecule has 0 saturated heterocycles. The van der Waals surface area contributed by atoms with Gasteiger partial charge < -0.3 is 15.8 Å². The number of rotatable bonds is 3. The predicted octanol–water partition coefficient (Wildman–Crippen LogP) is 2.42. The normalized spacial score (nSPS) is 10.0. The van der Waals surface area contributed by atoms with Gasteiger partial charge >= 0.3 is 0 Å². The van der Waals surface area contributed by atoms with Crippen molar-refractivity contribution in [3.8, 4) is 5.88 Å². The number of benzene rings is 1. The summed E-state index contributed by atoms with van der Waals surface area (Å²) in [5.74, 6) is 1.22. The van der Waals surface area contributed by atoms with Gasteiger partial charge in [-0.1, -0.05) is 0 Å². The zero-order valence-electron chi connectivity index (χ0n) is 9.14. The highest BCUT2D eigenvalue weighted by molar-refractivity contribution is 14.1. The average molecular weight is 342 g/mol. The van der Waals surface area contributed by atoms with Crippen LogP contribution in [0.25, 0.3) is 0 Å². The summed E-state index contributed by atoms with van der Waals surface area (Å²) in [6, 6.07) is 9.63. The Morgan fingerprint density at radius 3 is 2.59 bits per heavy atom. The molecule has 0 unspecified atom stereocenters. The first-order valence-electron chi connectivity index (χ1n) is 4.88. The number of anilines is 3. The Labute approximate surface area is 113 Å². The number of nitrogen functional groups attached to an aromatic ring is 1. The molecule has 0 saturated carbocycles. The van der Waals surface area contributed by atoms with E-state index in [-0.39, 0.29) is 5.95 Å². The van der Waals surface area contributed by atoms with E-state index in [4.69, 9.17) is 10.5 Å². The minimum atomic E-state index is 0.178. The van der Waals surface area contributed by atoms with E-state index >= 15 is 0 Å². The summed E-state index contributed by atoms with van der Waals surface area (Å²) in [5.41, 5.74) is 6.51. The minimum Gasteiger partial charge on any atom is -0.481 e. The predicted molar refractivity (Wildman–Crippen MR) is 75.4 cm³/mol. The fourth-order valence-electron chi connectivity index (χ4n) is 1.29. The Balaban J connectivity index is 2.23. The van der Waals surface area contributed by atoms with Crippen LogP contribution in [-0.4, -0.2) is 17.1 Å². The summed E-state index contributed by atoms with van der Waals surface area (Å²) < 4.78 is 6.19. The third kappa shape index (κ3) is 3.19. The lowest BCUT2D eigenvalue weighted by Crippen LogP contribution is -2.01. The maximum atomic E-state index is 5.57. The SMILES string of the molecule is COc1cc(Nc2ccc(I)cc2)nc(N)n1. The van der Waals surface area contributed by atoms with Crippen molar-refractivity contribution in [1.82, 2.24) is 9.97 Å². The first kappa shape index (κ1) is 11.9. The number of ether oxygens (including phenoxy) is 1. The molecule has 2 rings (SSSR count). The second kappa shape index (κ2) is 5.17. The van der Waals surface area contributed by atoms with Crippen molar-refractivity contribution in [3.63, 3.8) is 0 Å². The van der Waals surface area contributed by atoms with E-state index in [2.05, 4.69) is 37.9 Å². The summed E-state index contributed by atoms with van der Waals surface area (Å²) in [5, 5.41) is 3.13. The van der Waals surface area contributed by atoms with E-state index < -0.39 is 0 Å². The maximum Gasteiger partial charge on any atom is 0.225 e. The van der Waals surface area contributed by atoms with Crippen molar-refractivity contribution in [2.75, 3.05) is 18.2 Å². The van der Waals surface area contributed by atoms with Gasteiger partial charge in [0.15, 0.2) is 0 Å². The van der Waals surface area contributed by atoms with Crippen molar-refractivity contribution in [1.29, 1.82) is 0 Å². The summed E-state index contributed by atoms with van der Waals surface area (Å²) in [4.78, 5) is 7.98. The molecule has 0 aliphatic rings. The van der Waals surface area contributed by atoms with Gasteiger partial charge in [-0.05, 0) is 46.9 Å². The van der Waals surface area contributed by atoms with Crippen LogP contribution in [0.1, 0.15) is 0 Å². The molecule has 1 aromatic carbocycles. The first-order valence-corrected chi connectivity index (χ1v) is 5.96. The van der Waals surface area contributed by atoms with E-state index in [1.807, 2.05) is 24.3 Å². The number of methoxy groups -OCH3 is 1. The van der Waals surface area contributed by atoms with Crippen molar-refractivity contribution in [2.45, 2.75) is 0 Å². The molecule has 88 valence electrons. The molecule has 6 heteroatoms. The highest BCUT2D eigenvalue weighted by Gasteiger charge is 2.02. The molecule has 0 atom stereocenters. The van der Waals surface area contributed by atoms with Gasteiger partial charge in [-0.25, -0.2) is 0 Å². The molecule has 0 radical (unpaired) electrons. The lowest BCUT2D eigenvalue weighted by atomic mass is 10.3. The van der Waals surface area contributed by atoms with Crippen LogP contribution in [0.5, 0.6) is 5.88 Å². The quantitative estimate of drug-likeness (QED) is 0.838. The number of nitrogens with zero attached hydrogens (tertiary/aromatic N) is 2. The first-order chi connectivity index (χ1) is 8.17. The molecule has 0 amide bonds. The number of nitrogens with one attached hydrogen (secondary N) is 1. The standard InChI is InChI=1S/C11H11IN4O/c1-17-10-6-9(15-11(13)16-10)14-8-4-2-7(12)3-5-8/h2-6H,1H3,(H3,13,14,15,16). The van der Waals surface area contributed by atoms with Gasteiger partial charge in [0, 0.05) is 15.3 Å². The van der Waals surface area contributed by atoms with Crippen molar-refractivity contribution >= 4 is 40.0 Å². The molecule has 0 fully saturated rings. The van der Waals surface area contributed by atoms with Gasteiger partial charge in [0.1, 0.15) is 5.82 Å². The highest BCUT2D eigenvalue weighted by Crippen LogP contribution is 2.19. The number of hydrogen-bond acceptors (Lipinski definition) is 5. The summed E-state index contributed by atoms with van der Waals surface area (Å²) >= 11 is 2.25. The van der Waals surface area contributed by atoms with Gasteiger partial charge in [0.05, 0.1) is 7.11 Å². The Hall–Kier alpha value is -1.57. The van der Waals surface area contributed by atoms with Crippen LogP contribution in [0.3, 0.4) is 0 Å². The summed E-state index contributed by atoms with van der Waals surface area (Å²) in [6.45, 7) is 0. The van der Waals surface area contributed by atoms with Crippen molar-refractivity contribution in [2.24, 2.45) is 0 Å². The maximum absolute atomic E-state index is 5.57. The lowest BCUT2D eigenvalue weighted by Gasteiger charge is -2.07. The Kier molecular flexibility index (Phi) is 3.62. The Morgan fingerprint density at radius 2 is 1.94 bits per heavy atom. The van der Waals surface area contributed by atoms with Gasteiger partial charge in [-0.15, -0.1) is 0 Å². The minimum absolute atomic E-state index is 0.178. The molecular weight excluding hydrogens is 331 g/mol. The number of nitrogens with two attached hydrogens (primary N) is 1. The fourth-order valence-corrected chi connectivity index (χ4v) is 1.65. The van der Waals surface area contributed by atoms with Crippen LogP contribution in [0.15, 0.2) is 30.3 Å². The zero-order valence-corrected chi connectivity index (χ0v) is 11.3. The number of halogens is 1. The van der Waals surface area contributed by atoms with Crippen LogP contribution >= 0.6 is 22.6 Å². The van der Waals surface area contributed by atoms with E-state index in [0.717, 1.165) is 5.69 Å². The van der Waals surface area contributed by atoms with Gasteiger partial charge in [0.25, 0.3) is 0 Å². The monoisotopic (exact) mass is 342 g/mol. The van der Waals surface area contributed by atoms with Crippen LogP contribution in [-0.2, 0) is 0 Å². The van der Waals surface area contributed by atoms with E-state index in [1.54, 1.807) is 6.07 Å². The zero-order chi connectivity index (χ0) is 12.3. The molecule has 1 aromatic heterocycles. The second-order valence-corrected chi connectivity index (χ2v) is 4.53. The van der Waals surface area contributed by atoms with Crippen LogP contribution < -0.4 is 15.8 Å². The lowest BCUT2D eigenvalue weighted by molar-refractivity contribution is 0.398. The summed E-state index contributed by atoms with van der Waals surface area (Å²) in [6.07, 6.45) is 0. The summed E-state index contributed by atoms with van der Waals surface area (Å²) in [7, 11) is 1.54. The van der Waals surface area contributed by atoms with Gasteiger partial charge in [-0.2, -0.15) is 9.97 Å². The number of aromatic nitrogens is 2. The van der Waals surface area contributed by atoms with Crippen molar-refractivity contribution in [3.05, 3.63) is 33.9 Å². The van der Waals surface area contributed by atoms with E-state index in [9.17, 15) is 0 Å². The molecule has 0 bridgehead atoms. The smallest absolute Gasteiger partial charge is 0.225 e. The molecule has 0 aliphatic heterocycles. The molecule has 5 nitrogen and oxygen atoms in total. The Morgan fingerprint density at radius 1 is 1.24 bits per heavy atom. The van der Waals surface area contributed by atoms with Crippen LogP contribution in [0.2, 0.25) is 0 Å². The van der Waals surface area contributed by atoms with Gasteiger partial charge in [0.2, 0.25) is 11.8 Å². The third-order valence-electron chi connectivity index (χ3n) is 2.05. The topological polar surface area (TPSA) is 73.1 Å². The van der Waals surface area contributed by atoms with Crippen LogP contribution in [0, 0.1) is 3.57 Å². The third-order valence-corrected chi connectivity index (χ3v) is 2.76. The van der Waals surface area contributed by atoms with E-state index in [0.29, 0.717) is 11.7 Å². The van der Waals surface area contributed by atoms with Crippen LogP contribution in [0.4, 0.5) is 17.5 Å². The molecule has 3 N–H and O–H groups in total.